The van der Waals surface area contributed by atoms with Crippen LogP contribution in [0.4, 0.5) is 5.69 Å². The van der Waals surface area contributed by atoms with Crippen molar-refractivity contribution in [2.45, 2.75) is 18.2 Å². The minimum atomic E-state index is -1.15. The molecular weight excluding hydrogens is 469 g/mol. The standard InChI is InChI=1S/C10H8INO3.C4H7BrO2/c11-7-1-3-8(4-2-7)12-9(13)5-6-10(14)15;1-3(5)2-4(6)7/h1-6H,(H,12,13)(H,14,15);3H,2H2,1H3,(H,6,7). The predicted octanol–water partition coefficient (Wildman–Crippen LogP) is 3.12. The lowest BCUT2D eigenvalue weighted by molar-refractivity contribution is -0.137. The summed E-state index contributed by atoms with van der Waals surface area (Å²) >= 11 is 5.25. The van der Waals surface area contributed by atoms with Crippen molar-refractivity contribution in [3.63, 3.8) is 0 Å². The number of carbonyl (C=O) groups excluding carboxylic acids is 1. The number of aliphatic carboxylic acids is 2. The lowest BCUT2D eigenvalue weighted by Crippen LogP contribution is -2.08. The molecular formula is C14H15BrINO5. The van der Waals surface area contributed by atoms with Crippen LogP contribution in [0.3, 0.4) is 0 Å². The quantitative estimate of drug-likeness (QED) is 0.339. The van der Waals surface area contributed by atoms with Crippen LogP contribution in [0, 0.1) is 3.57 Å². The van der Waals surface area contributed by atoms with E-state index in [0.29, 0.717) is 5.69 Å². The second kappa shape index (κ2) is 11.2. The Morgan fingerprint density at radius 3 is 2.14 bits per heavy atom. The molecule has 0 radical (unpaired) electrons. The van der Waals surface area contributed by atoms with Gasteiger partial charge in [-0.15, -0.1) is 0 Å². The van der Waals surface area contributed by atoms with E-state index >= 15 is 0 Å². The molecule has 1 rings (SSSR count). The lowest BCUT2D eigenvalue weighted by Gasteiger charge is -2.00. The van der Waals surface area contributed by atoms with Crippen molar-refractivity contribution in [2.75, 3.05) is 5.32 Å². The van der Waals surface area contributed by atoms with Gasteiger partial charge >= 0.3 is 11.9 Å². The van der Waals surface area contributed by atoms with E-state index in [-0.39, 0.29) is 11.2 Å². The number of hydrogen-bond donors (Lipinski definition) is 3. The highest BCUT2D eigenvalue weighted by atomic mass is 127. The molecule has 1 aromatic rings. The summed E-state index contributed by atoms with van der Waals surface area (Å²) in [4.78, 5) is 31.1. The molecule has 22 heavy (non-hydrogen) atoms. The number of benzene rings is 1. The second-order valence-corrected chi connectivity index (χ2v) is 6.86. The molecule has 1 amide bonds. The summed E-state index contributed by atoms with van der Waals surface area (Å²) in [6, 6.07) is 7.18. The smallest absolute Gasteiger partial charge is 0.328 e. The van der Waals surface area contributed by atoms with Crippen LogP contribution < -0.4 is 5.32 Å². The maximum atomic E-state index is 11.1. The van der Waals surface area contributed by atoms with Crippen molar-refractivity contribution in [1.29, 1.82) is 0 Å². The first kappa shape index (κ1) is 20.6. The minimum Gasteiger partial charge on any atom is -0.481 e. The molecule has 0 aliphatic heterocycles. The highest BCUT2D eigenvalue weighted by Crippen LogP contribution is 2.10. The Morgan fingerprint density at radius 2 is 1.77 bits per heavy atom. The first-order valence-electron chi connectivity index (χ1n) is 6.04. The second-order valence-electron chi connectivity index (χ2n) is 4.05. The molecule has 0 heterocycles. The topological polar surface area (TPSA) is 104 Å². The van der Waals surface area contributed by atoms with Crippen LogP contribution in [0.1, 0.15) is 13.3 Å². The molecule has 120 valence electrons. The van der Waals surface area contributed by atoms with Gasteiger partial charge in [0.05, 0.1) is 6.42 Å². The molecule has 0 saturated heterocycles. The number of carbonyl (C=O) groups is 3. The highest BCUT2D eigenvalue weighted by Gasteiger charge is 2.00. The number of rotatable bonds is 5. The van der Waals surface area contributed by atoms with E-state index in [1.165, 1.54) is 0 Å². The molecule has 1 unspecified atom stereocenters. The normalized spacial score (nSPS) is 11.2. The minimum absolute atomic E-state index is 0.0880. The Balaban J connectivity index is 0.000000534. The highest BCUT2D eigenvalue weighted by molar-refractivity contribution is 14.1. The zero-order valence-electron chi connectivity index (χ0n) is 11.6. The van der Waals surface area contributed by atoms with Gasteiger partial charge in [0.2, 0.25) is 5.91 Å². The van der Waals surface area contributed by atoms with Crippen molar-refractivity contribution in [3.05, 3.63) is 40.0 Å². The zero-order valence-corrected chi connectivity index (χ0v) is 15.4. The summed E-state index contributed by atoms with van der Waals surface area (Å²) in [5.41, 5.74) is 0.635. The number of hydrogen-bond acceptors (Lipinski definition) is 3. The molecule has 0 spiro atoms. The summed E-state index contributed by atoms with van der Waals surface area (Å²) in [6.45, 7) is 1.80. The fourth-order valence-corrected chi connectivity index (χ4v) is 1.74. The van der Waals surface area contributed by atoms with Crippen LogP contribution in [0.2, 0.25) is 0 Å². The van der Waals surface area contributed by atoms with Gasteiger partial charge in [-0.25, -0.2) is 4.79 Å². The Bertz CT molecular complexity index is 543. The number of halogens is 2. The summed E-state index contributed by atoms with van der Waals surface area (Å²) in [5, 5.41) is 18.9. The van der Waals surface area contributed by atoms with Crippen LogP contribution in [-0.4, -0.2) is 32.9 Å². The summed E-state index contributed by atoms with van der Waals surface area (Å²) in [7, 11) is 0. The Kier molecular flexibility index (Phi) is 10.5. The monoisotopic (exact) mass is 483 g/mol. The van der Waals surface area contributed by atoms with E-state index in [4.69, 9.17) is 10.2 Å². The van der Waals surface area contributed by atoms with Crippen LogP contribution in [0.15, 0.2) is 36.4 Å². The van der Waals surface area contributed by atoms with Gasteiger partial charge in [0.1, 0.15) is 0 Å². The maximum Gasteiger partial charge on any atom is 0.328 e. The van der Waals surface area contributed by atoms with Crippen LogP contribution >= 0.6 is 38.5 Å². The Hall–Kier alpha value is -1.42. The first-order valence-corrected chi connectivity index (χ1v) is 8.03. The van der Waals surface area contributed by atoms with Crippen LogP contribution in [0.5, 0.6) is 0 Å². The molecule has 0 fully saturated rings. The van der Waals surface area contributed by atoms with Gasteiger partial charge in [-0.1, -0.05) is 22.9 Å². The molecule has 0 aliphatic rings. The molecule has 0 bridgehead atoms. The van der Waals surface area contributed by atoms with Gasteiger partial charge in [-0.2, -0.15) is 0 Å². The van der Waals surface area contributed by atoms with Crippen molar-refractivity contribution in [3.8, 4) is 0 Å². The van der Waals surface area contributed by atoms with E-state index in [2.05, 4.69) is 43.8 Å². The van der Waals surface area contributed by atoms with Gasteiger partial charge in [-0.05, 0) is 46.9 Å². The van der Waals surface area contributed by atoms with Crippen molar-refractivity contribution < 1.29 is 24.6 Å². The van der Waals surface area contributed by atoms with Gasteiger partial charge in [0, 0.05) is 26.2 Å². The largest absolute Gasteiger partial charge is 0.481 e. The molecule has 0 aromatic heterocycles. The van der Waals surface area contributed by atoms with E-state index in [1.54, 1.807) is 19.1 Å². The number of nitrogens with one attached hydrogen (secondary N) is 1. The van der Waals surface area contributed by atoms with E-state index in [1.807, 2.05) is 12.1 Å². The molecule has 3 N–H and O–H groups in total. The van der Waals surface area contributed by atoms with E-state index in [9.17, 15) is 14.4 Å². The van der Waals surface area contributed by atoms with Gasteiger partial charge in [0.25, 0.3) is 0 Å². The molecule has 8 heteroatoms. The summed E-state index contributed by atoms with van der Waals surface area (Å²) in [5.74, 6) is -2.37. The number of carboxylic acids is 2. The van der Waals surface area contributed by atoms with Gasteiger partial charge < -0.3 is 15.5 Å². The zero-order chi connectivity index (χ0) is 17.1. The third kappa shape index (κ3) is 12.3. The number of alkyl halides is 1. The molecule has 1 atom stereocenters. The van der Waals surface area contributed by atoms with E-state index in [0.717, 1.165) is 15.7 Å². The first-order chi connectivity index (χ1) is 10.2. The molecule has 0 aliphatic carbocycles. The van der Waals surface area contributed by atoms with Crippen molar-refractivity contribution in [2.24, 2.45) is 0 Å². The average molecular weight is 484 g/mol. The number of amides is 1. The van der Waals surface area contributed by atoms with Crippen molar-refractivity contribution in [1.82, 2.24) is 0 Å². The van der Waals surface area contributed by atoms with Crippen molar-refractivity contribution >= 4 is 62.1 Å². The number of carboxylic acid groups (broad SMARTS) is 2. The van der Waals surface area contributed by atoms with E-state index < -0.39 is 17.8 Å². The van der Waals surface area contributed by atoms with Crippen LogP contribution in [0.25, 0.3) is 0 Å². The molecule has 6 nitrogen and oxygen atoms in total. The Morgan fingerprint density at radius 1 is 1.23 bits per heavy atom. The molecule has 0 saturated carbocycles. The third-order valence-corrected chi connectivity index (χ3v) is 2.99. The maximum absolute atomic E-state index is 11.1. The summed E-state index contributed by atoms with van der Waals surface area (Å²) < 4.78 is 1.06. The molecule has 1 aromatic carbocycles. The Labute approximate surface area is 149 Å². The number of anilines is 1. The fraction of sp³-hybridized carbons (Fsp3) is 0.214. The van der Waals surface area contributed by atoms with Crippen LogP contribution in [-0.2, 0) is 14.4 Å². The third-order valence-electron chi connectivity index (χ3n) is 1.94. The van der Waals surface area contributed by atoms with Gasteiger partial charge in [0.15, 0.2) is 0 Å². The average Bonchev–Trinajstić information content (AvgIpc) is 2.38. The lowest BCUT2D eigenvalue weighted by atomic mass is 10.3. The SMILES string of the molecule is CC(Br)CC(=O)O.O=C(O)C=CC(=O)Nc1ccc(I)cc1. The summed E-state index contributed by atoms with van der Waals surface area (Å²) in [6.07, 6.45) is 1.96. The predicted molar refractivity (Wildman–Crippen MR) is 95.2 cm³/mol. The van der Waals surface area contributed by atoms with Gasteiger partial charge in [-0.3, -0.25) is 9.59 Å². The fourth-order valence-electron chi connectivity index (χ4n) is 1.10.